The number of allylic oxidation sites excluding steroid dienone is 2. The summed E-state index contributed by atoms with van der Waals surface area (Å²) in [7, 11) is -2.54. The maximum atomic E-state index is 10.0. The van der Waals surface area contributed by atoms with Crippen molar-refractivity contribution in [3.05, 3.63) is 145 Å². The van der Waals surface area contributed by atoms with Crippen LogP contribution in [0.1, 0.15) is 13.8 Å². The van der Waals surface area contributed by atoms with Gasteiger partial charge in [0.25, 0.3) is 0 Å². The molecule has 7 aromatic rings. The Labute approximate surface area is 282 Å². The number of pyridine rings is 1. The molecule has 2 aliphatic rings. The number of nitrogens with zero attached hydrogens (tertiary/aromatic N) is 2. The number of ketones is 1. The van der Waals surface area contributed by atoms with E-state index in [9.17, 15) is 4.79 Å². The summed E-state index contributed by atoms with van der Waals surface area (Å²) in [5, 5.41) is 16.6. The van der Waals surface area contributed by atoms with Crippen LogP contribution in [0.5, 0.6) is 0 Å². The molecule has 4 heterocycles. The Morgan fingerprint density at radius 1 is 0.739 bits per heavy atom. The Morgan fingerprint density at radius 3 is 1.85 bits per heavy atom. The van der Waals surface area contributed by atoms with Crippen LogP contribution >= 0.6 is 0 Å². The molecule has 6 heteroatoms. The molecular weight excluding hydrogens is 761 g/mol. The maximum absolute atomic E-state index is 10.0. The van der Waals surface area contributed by atoms with Crippen molar-refractivity contribution in [2.45, 2.75) is 13.8 Å². The summed E-state index contributed by atoms with van der Waals surface area (Å²) in [5.74, 6) is -0.0625. The smallest absolute Gasteiger partial charge is 0.155 e. The topological polar surface area (TPSA) is 55.1 Å². The first-order valence-corrected chi connectivity index (χ1v) is 17.1. The van der Waals surface area contributed by atoms with Gasteiger partial charge in [-0.05, 0) is 64.9 Å². The Balaban J connectivity index is 0.000000384. The van der Waals surface area contributed by atoms with E-state index in [0.29, 0.717) is 0 Å². The van der Waals surface area contributed by atoms with E-state index in [2.05, 4.69) is 132 Å². The van der Waals surface area contributed by atoms with Crippen molar-refractivity contribution in [1.82, 2.24) is 9.55 Å². The van der Waals surface area contributed by atoms with E-state index in [0.717, 1.165) is 16.9 Å². The van der Waals surface area contributed by atoms with Crippen LogP contribution in [-0.4, -0.2) is 28.5 Å². The summed E-state index contributed by atoms with van der Waals surface area (Å²) in [4.78, 5) is 15.0. The van der Waals surface area contributed by atoms with Crippen LogP contribution in [-0.2, 0) is 24.9 Å². The molecule has 1 N–H and O–H groups in total. The fourth-order valence-electron chi connectivity index (χ4n) is 7.47. The molecule has 0 fully saturated rings. The molecule has 0 saturated carbocycles. The largest absolute Gasteiger partial charge is 0.512 e. The average Bonchev–Trinajstić information content (AvgIpc) is 3.66. The van der Waals surface area contributed by atoms with Crippen molar-refractivity contribution in [3.63, 3.8) is 0 Å². The number of fused-ring (bicyclic) bond motifs is 13. The SMILES string of the molecule is CC(=O)/C=C(/C)O.[Ir].[c-]1cc(-n2c3ccccc3c3ccccc32)cc2c1-c1ncccc1[Si]21c2ccccc2-c2ccccc21. The van der Waals surface area contributed by atoms with Crippen molar-refractivity contribution in [2.75, 3.05) is 0 Å². The van der Waals surface area contributed by atoms with Gasteiger partial charge in [-0.2, -0.15) is 0 Å². The van der Waals surface area contributed by atoms with Crippen LogP contribution in [0.25, 0.3) is 49.9 Å². The molecule has 0 amide bonds. The van der Waals surface area contributed by atoms with Crippen LogP contribution in [0.2, 0.25) is 0 Å². The Bertz CT molecular complexity index is 2240. The number of para-hydroxylation sites is 2. The number of hydrogen-bond acceptors (Lipinski definition) is 3. The molecule has 225 valence electrons. The minimum absolute atomic E-state index is 0. The summed E-state index contributed by atoms with van der Waals surface area (Å²) in [5.41, 5.74) is 8.57. The molecule has 46 heavy (non-hydrogen) atoms. The molecule has 0 saturated heterocycles. The third-order valence-electron chi connectivity index (χ3n) is 8.98. The van der Waals surface area contributed by atoms with Crippen molar-refractivity contribution < 1.29 is 30.0 Å². The van der Waals surface area contributed by atoms with E-state index in [4.69, 9.17) is 10.1 Å². The standard InChI is InChI=1S/C35H21N2Si.C5H8O2.Ir/c1-5-14-29-24(10-1)25-11-2-6-15-30(25)37(29)23-19-20-28-34(22-23)38(33-18-9-21-36-35(28)33)31-16-7-3-12-26(31)27-13-4-8-17-32(27)38;1-4(6)3-5(2)7;/h1-19,21-22H;3,6H,1-2H3;/q-1;;/b;4-3-;. The molecule has 0 atom stereocenters. The maximum Gasteiger partial charge on any atom is 0.155 e. The molecule has 5 aromatic carbocycles. The van der Waals surface area contributed by atoms with E-state index in [1.54, 1.807) is 0 Å². The molecule has 4 nitrogen and oxygen atoms in total. The second kappa shape index (κ2) is 11.5. The van der Waals surface area contributed by atoms with E-state index in [-0.39, 0.29) is 31.6 Å². The zero-order valence-electron chi connectivity index (χ0n) is 25.3. The second-order valence-corrected chi connectivity index (χ2v) is 15.3. The first-order chi connectivity index (χ1) is 22.0. The van der Waals surface area contributed by atoms with E-state index in [1.165, 1.54) is 73.6 Å². The van der Waals surface area contributed by atoms with Gasteiger partial charge >= 0.3 is 0 Å². The first kappa shape index (κ1) is 29.8. The number of carbonyl (C=O) groups is 1. The minimum atomic E-state index is -2.54. The molecule has 2 aliphatic heterocycles. The van der Waals surface area contributed by atoms with Gasteiger partial charge < -0.3 is 14.7 Å². The monoisotopic (exact) mass is 790 g/mol. The molecule has 0 unspecified atom stereocenters. The van der Waals surface area contributed by atoms with Gasteiger partial charge in [-0.15, -0.1) is 28.9 Å². The van der Waals surface area contributed by atoms with Crippen LogP contribution in [0.4, 0.5) is 0 Å². The summed E-state index contributed by atoms with van der Waals surface area (Å²) in [6.07, 6.45) is 3.09. The van der Waals surface area contributed by atoms with Crippen molar-refractivity contribution >= 4 is 56.4 Å². The summed E-state index contributed by atoms with van der Waals surface area (Å²) >= 11 is 0. The zero-order chi connectivity index (χ0) is 30.7. The van der Waals surface area contributed by atoms with E-state index < -0.39 is 8.07 Å². The van der Waals surface area contributed by atoms with Gasteiger partial charge in [0.2, 0.25) is 0 Å². The van der Waals surface area contributed by atoms with Crippen molar-refractivity contribution in [2.24, 2.45) is 0 Å². The first-order valence-electron chi connectivity index (χ1n) is 15.1. The van der Waals surface area contributed by atoms with Crippen molar-refractivity contribution in [3.8, 4) is 28.1 Å². The number of carbonyl (C=O) groups excluding carboxylic acids is 1. The van der Waals surface area contributed by atoms with E-state index >= 15 is 0 Å². The predicted molar refractivity (Wildman–Crippen MR) is 186 cm³/mol. The fraction of sp³-hybridized carbons (Fsp3) is 0.0500. The Hall–Kier alpha value is -4.87. The van der Waals surface area contributed by atoms with Crippen LogP contribution < -0.4 is 20.7 Å². The number of aliphatic hydroxyl groups excluding tert-OH is 1. The van der Waals surface area contributed by atoms with Gasteiger partial charge in [0.15, 0.2) is 5.78 Å². The molecule has 0 aliphatic carbocycles. The molecule has 2 aromatic heterocycles. The molecule has 1 radical (unpaired) electrons. The van der Waals surface area contributed by atoms with Crippen LogP contribution in [0.3, 0.4) is 0 Å². The van der Waals surface area contributed by atoms with Gasteiger partial charge in [0.1, 0.15) is 8.07 Å². The number of aromatic nitrogens is 2. The van der Waals surface area contributed by atoms with Crippen LogP contribution in [0.15, 0.2) is 139 Å². The van der Waals surface area contributed by atoms with E-state index in [1.807, 2.05) is 6.20 Å². The molecule has 1 spiro atoms. The van der Waals surface area contributed by atoms with Crippen LogP contribution in [0, 0.1) is 6.07 Å². The summed E-state index contributed by atoms with van der Waals surface area (Å²) in [6, 6.07) is 48.3. The van der Waals surface area contributed by atoms with Gasteiger partial charge in [-0.3, -0.25) is 4.79 Å². The second-order valence-electron chi connectivity index (χ2n) is 11.7. The van der Waals surface area contributed by atoms with Crippen molar-refractivity contribution in [1.29, 1.82) is 0 Å². The molecular formula is C40H29IrN2O2Si-. The fourth-order valence-corrected chi connectivity index (χ4v) is 13.0. The Morgan fingerprint density at radius 2 is 1.28 bits per heavy atom. The predicted octanol–water partition coefficient (Wildman–Crippen LogP) is 6.35. The quantitative estimate of drug-likeness (QED) is 0.0963. The third-order valence-corrected chi connectivity index (χ3v) is 13.9. The number of benzene rings is 5. The molecule has 0 bridgehead atoms. The molecule has 9 rings (SSSR count). The third kappa shape index (κ3) is 4.29. The van der Waals surface area contributed by atoms with Gasteiger partial charge in [0.05, 0.1) is 5.76 Å². The van der Waals surface area contributed by atoms with Gasteiger partial charge in [0, 0.05) is 54.2 Å². The average molecular weight is 790 g/mol. The Kier molecular flexibility index (Phi) is 7.45. The van der Waals surface area contributed by atoms with Gasteiger partial charge in [-0.1, -0.05) is 96.2 Å². The summed E-state index contributed by atoms with van der Waals surface area (Å²) < 4.78 is 2.41. The normalized spacial score (nSPS) is 13.3. The zero-order valence-corrected chi connectivity index (χ0v) is 28.7. The number of rotatable bonds is 2. The number of hydrogen-bond donors (Lipinski definition) is 1. The number of aliphatic hydroxyl groups is 1. The van der Waals surface area contributed by atoms with Gasteiger partial charge in [-0.25, -0.2) is 0 Å². The summed E-state index contributed by atoms with van der Waals surface area (Å²) in [6.45, 7) is 2.85. The minimum Gasteiger partial charge on any atom is -0.512 e.